The van der Waals surface area contributed by atoms with Gasteiger partial charge in [0.1, 0.15) is 0 Å². The minimum atomic E-state index is -3.68. The Labute approximate surface area is 191 Å². The third-order valence-corrected chi connectivity index (χ3v) is 7.11. The summed E-state index contributed by atoms with van der Waals surface area (Å²) >= 11 is 0. The van der Waals surface area contributed by atoms with Gasteiger partial charge in [0, 0.05) is 45.5 Å². The average molecular weight is 469 g/mol. The van der Waals surface area contributed by atoms with E-state index in [2.05, 4.69) is 15.5 Å². The molecule has 0 saturated carbocycles. The van der Waals surface area contributed by atoms with Crippen molar-refractivity contribution in [3.05, 3.63) is 23.8 Å². The fourth-order valence-corrected chi connectivity index (χ4v) is 4.64. The number of anilines is 1. The zero-order valence-corrected chi connectivity index (χ0v) is 20.5. The van der Waals surface area contributed by atoms with E-state index in [1.165, 1.54) is 20.2 Å². The van der Waals surface area contributed by atoms with Crippen molar-refractivity contribution >= 4 is 27.7 Å². The molecule has 0 aliphatic carbocycles. The molecule has 2 N–H and O–H groups in total. The summed E-state index contributed by atoms with van der Waals surface area (Å²) in [6.07, 6.45) is 2.19. The molecule has 2 amide bonds. The van der Waals surface area contributed by atoms with Gasteiger partial charge in [0.05, 0.1) is 17.1 Å². The largest absolute Gasteiger partial charge is 0.450 e. The Bertz CT molecular complexity index is 896. The number of rotatable bonds is 10. The maximum absolute atomic E-state index is 13.2. The third-order valence-electron chi connectivity index (χ3n) is 5.30. The van der Waals surface area contributed by atoms with Crippen LogP contribution in [0.15, 0.2) is 23.1 Å². The Balaban J connectivity index is 2.27. The predicted octanol–water partition coefficient (Wildman–Crippen LogP) is 2.43. The highest BCUT2D eigenvalue weighted by Gasteiger charge is 2.25. The smallest absolute Gasteiger partial charge is 0.407 e. The highest BCUT2D eigenvalue weighted by Crippen LogP contribution is 2.28. The van der Waals surface area contributed by atoms with Crippen LogP contribution in [-0.2, 0) is 14.8 Å². The second kappa shape index (κ2) is 11.5. The molecule has 1 aliphatic heterocycles. The maximum atomic E-state index is 13.2. The number of hydrogen-bond donors (Lipinski definition) is 2. The number of nitrogens with zero attached hydrogens (tertiary/aromatic N) is 2. The van der Waals surface area contributed by atoms with E-state index in [0.29, 0.717) is 17.9 Å². The number of hydrogen-bond acceptors (Lipinski definition) is 6. The van der Waals surface area contributed by atoms with Gasteiger partial charge in [-0.3, -0.25) is 4.79 Å². The molecule has 1 heterocycles. The van der Waals surface area contributed by atoms with E-state index in [1.54, 1.807) is 19.1 Å². The van der Waals surface area contributed by atoms with Crippen molar-refractivity contribution in [1.82, 2.24) is 14.9 Å². The van der Waals surface area contributed by atoms with E-state index in [-0.39, 0.29) is 30.0 Å². The lowest BCUT2D eigenvalue weighted by Crippen LogP contribution is -2.44. The number of alkyl carbamates (subject to hydrolysis) is 1. The molecule has 0 spiro atoms. The van der Waals surface area contributed by atoms with Gasteiger partial charge in [0.25, 0.3) is 5.91 Å². The van der Waals surface area contributed by atoms with Gasteiger partial charge in [-0.1, -0.05) is 13.8 Å². The topological polar surface area (TPSA) is 108 Å². The minimum absolute atomic E-state index is 0.0685. The molecule has 1 fully saturated rings. The van der Waals surface area contributed by atoms with E-state index < -0.39 is 16.1 Å². The molecule has 1 unspecified atom stereocenters. The fraction of sp³-hybridized carbons (Fsp3) is 0.636. The summed E-state index contributed by atoms with van der Waals surface area (Å²) < 4.78 is 31.4. The Morgan fingerprint density at radius 2 is 1.84 bits per heavy atom. The van der Waals surface area contributed by atoms with Gasteiger partial charge >= 0.3 is 6.09 Å². The molecule has 1 aliphatic rings. The summed E-state index contributed by atoms with van der Waals surface area (Å²) in [5.74, 6) is -0.0744. The SMILES string of the molecule is CCOC(=O)NC(CNC(=O)c1cc(S(=O)(=O)N(C)C)ccc1N1CCCC1)CC(C)C. The number of sulfonamides is 1. The van der Waals surface area contributed by atoms with E-state index in [9.17, 15) is 18.0 Å². The lowest BCUT2D eigenvalue weighted by Gasteiger charge is -2.24. The summed E-state index contributed by atoms with van der Waals surface area (Å²) in [5, 5.41) is 5.67. The zero-order valence-electron chi connectivity index (χ0n) is 19.7. The summed E-state index contributed by atoms with van der Waals surface area (Å²) in [7, 11) is -0.763. The van der Waals surface area contributed by atoms with Crippen LogP contribution in [0, 0.1) is 5.92 Å². The first-order valence-electron chi connectivity index (χ1n) is 11.1. The van der Waals surface area contributed by atoms with Crippen molar-refractivity contribution in [2.45, 2.75) is 51.0 Å². The first-order valence-corrected chi connectivity index (χ1v) is 12.5. The van der Waals surface area contributed by atoms with Gasteiger partial charge in [-0.05, 0) is 50.3 Å². The molecule has 9 nitrogen and oxygen atoms in total. The standard InChI is InChI=1S/C22H36N4O5S/c1-6-31-22(28)24-17(13-16(2)3)15-23-21(27)19-14-18(32(29,30)25(4)5)9-10-20(19)26-11-7-8-12-26/h9-10,14,16-17H,6-8,11-13,15H2,1-5H3,(H,23,27)(H,24,28). The van der Waals surface area contributed by atoms with Crippen LogP contribution < -0.4 is 15.5 Å². The van der Waals surface area contributed by atoms with Gasteiger partial charge in [0.15, 0.2) is 0 Å². The van der Waals surface area contributed by atoms with Crippen LogP contribution >= 0.6 is 0 Å². The fourth-order valence-electron chi connectivity index (χ4n) is 3.71. The molecule has 1 aromatic carbocycles. The molecule has 32 heavy (non-hydrogen) atoms. The van der Waals surface area contributed by atoms with Crippen LogP contribution in [0.1, 0.15) is 50.4 Å². The average Bonchev–Trinajstić information content (AvgIpc) is 3.25. The molecule has 2 rings (SSSR count). The normalized spacial score (nSPS) is 15.2. The number of ether oxygens (including phenoxy) is 1. The van der Waals surface area contributed by atoms with Crippen LogP contribution in [0.3, 0.4) is 0 Å². The molecule has 1 atom stereocenters. The van der Waals surface area contributed by atoms with Crippen molar-refractivity contribution in [1.29, 1.82) is 0 Å². The molecule has 10 heteroatoms. The first-order chi connectivity index (χ1) is 15.1. The Kier molecular flexibility index (Phi) is 9.33. The Morgan fingerprint density at radius 1 is 1.19 bits per heavy atom. The third kappa shape index (κ3) is 6.83. The maximum Gasteiger partial charge on any atom is 0.407 e. The van der Waals surface area contributed by atoms with Crippen LogP contribution in [-0.4, -0.2) is 71.1 Å². The highest BCUT2D eigenvalue weighted by molar-refractivity contribution is 7.89. The lowest BCUT2D eigenvalue weighted by atomic mass is 10.0. The number of benzene rings is 1. The second-order valence-electron chi connectivity index (χ2n) is 8.56. The molecule has 1 saturated heterocycles. The number of carbonyl (C=O) groups excluding carboxylic acids is 2. The van der Waals surface area contributed by atoms with Crippen LogP contribution in [0.25, 0.3) is 0 Å². The summed E-state index contributed by atoms with van der Waals surface area (Å²) in [5.41, 5.74) is 1.03. The molecular formula is C22H36N4O5S. The van der Waals surface area contributed by atoms with E-state index in [1.807, 2.05) is 13.8 Å². The van der Waals surface area contributed by atoms with Gasteiger partial charge < -0.3 is 20.3 Å². The molecule has 1 aromatic rings. The molecular weight excluding hydrogens is 432 g/mol. The highest BCUT2D eigenvalue weighted by atomic mass is 32.2. The summed E-state index contributed by atoms with van der Waals surface area (Å²) in [6, 6.07) is 4.39. The monoisotopic (exact) mass is 468 g/mol. The summed E-state index contributed by atoms with van der Waals surface area (Å²) in [6.45, 7) is 7.90. The Hall–Kier alpha value is -2.33. The quantitative estimate of drug-likeness (QED) is 0.546. The minimum Gasteiger partial charge on any atom is -0.450 e. The van der Waals surface area contributed by atoms with Crippen molar-refractivity contribution in [2.24, 2.45) is 5.92 Å². The number of amides is 2. The Morgan fingerprint density at radius 3 is 2.41 bits per heavy atom. The van der Waals surface area contributed by atoms with Crippen molar-refractivity contribution in [2.75, 3.05) is 45.2 Å². The van der Waals surface area contributed by atoms with Gasteiger partial charge in [-0.15, -0.1) is 0 Å². The first kappa shape index (κ1) is 25.9. The van der Waals surface area contributed by atoms with Crippen molar-refractivity contribution in [3.63, 3.8) is 0 Å². The zero-order chi connectivity index (χ0) is 23.9. The summed E-state index contributed by atoms with van der Waals surface area (Å²) in [4.78, 5) is 27.2. The van der Waals surface area contributed by atoms with Gasteiger partial charge in [0.2, 0.25) is 10.0 Å². The predicted molar refractivity (Wildman–Crippen MR) is 124 cm³/mol. The number of carbonyl (C=O) groups is 2. The molecule has 180 valence electrons. The number of nitrogens with one attached hydrogen (secondary N) is 2. The van der Waals surface area contributed by atoms with E-state index in [0.717, 1.165) is 35.9 Å². The van der Waals surface area contributed by atoms with E-state index in [4.69, 9.17) is 4.74 Å². The molecule has 0 aromatic heterocycles. The van der Waals surface area contributed by atoms with Crippen molar-refractivity contribution in [3.8, 4) is 0 Å². The lowest BCUT2D eigenvalue weighted by molar-refractivity contribution is 0.0945. The van der Waals surface area contributed by atoms with E-state index >= 15 is 0 Å². The van der Waals surface area contributed by atoms with Crippen LogP contribution in [0.4, 0.5) is 10.5 Å². The van der Waals surface area contributed by atoms with Crippen LogP contribution in [0.5, 0.6) is 0 Å². The second-order valence-corrected chi connectivity index (χ2v) is 10.7. The molecule has 0 radical (unpaired) electrons. The van der Waals surface area contributed by atoms with Crippen molar-refractivity contribution < 1.29 is 22.7 Å². The van der Waals surface area contributed by atoms with Crippen LogP contribution in [0.2, 0.25) is 0 Å². The molecule has 0 bridgehead atoms. The van der Waals surface area contributed by atoms with Gasteiger partial charge in [-0.2, -0.15) is 0 Å². The van der Waals surface area contributed by atoms with Gasteiger partial charge in [-0.25, -0.2) is 17.5 Å².